The molecule has 7 heteroatoms. The van der Waals surface area contributed by atoms with Gasteiger partial charge in [0, 0.05) is 17.7 Å². The number of nitrogens with zero attached hydrogens (tertiary/aromatic N) is 1. The zero-order valence-corrected chi connectivity index (χ0v) is 14.2. The molecule has 0 spiro atoms. The summed E-state index contributed by atoms with van der Waals surface area (Å²) in [6, 6.07) is 7.03. The topological polar surface area (TPSA) is 75.7 Å². The molecule has 1 atom stereocenters. The minimum absolute atomic E-state index is 0.283. The number of rotatable bonds is 5. The number of nitrogens with one attached hydrogen (secondary N) is 1. The number of hydrogen-bond acceptors (Lipinski definition) is 4. The lowest BCUT2D eigenvalue weighted by Gasteiger charge is -2.17. The van der Waals surface area contributed by atoms with Crippen LogP contribution in [-0.4, -0.2) is 49.4 Å². The highest BCUT2D eigenvalue weighted by molar-refractivity contribution is 14.1. The van der Waals surface area contributed by atoms with Crippen LogP contribution in [-0.2, 0) is 14.3 Å². The Kier molecular flexibility index (Phi) is 6.60. The molecule has 0 radical (unpaired) electrons. The molecule has 0 fully saturated rings. The minimum atomic E-state index is -0.874. The van der Waals surface area contributed by atoms with E-state index in [1.165, 1.54) is 11.8 Å². The number of ether oxygens (including phenoxy) is 1. The van der Waals surface area contributed by atoms with Crippen LogP contribution in [0.4, 0.5) is 0 Å². The normalized spacial score (nSPS) is 11.4. The molecule has 1 aromatic rings. The molecule has 0 heterocycles. The van der Waals surface area contributed by atoms with Crippen molar-refractivity contribution in [3.8, 4) is 0 Å². The van der Waals surface area contributed by atoms with E-state index in [4.69, 9.17) is 4.74 Å². The summed E-state index contributed by atoms with van der Waals surface area (Å²) in [4.78, 5) is 36.4. The number of carbonyl (C=O) groups is 3. The number of carbonyl (C=O) groups excluding carboxylic acids is 3. The van der Waals surface area contributed by atoms with E-state index in [1.54, 1.807) is 32.3 Å². The van der Waals surface area contributed by atoms with Gasteiger partial charge < -0.3 is 15.0 Å². The molecule has 0 bridgehead atoms. The van der Waals surface area contributed by atoms with Crippen molar-refractivity contribution in [3.05, 3.63) is 33.4 Å². The first-order valence-corrected chi connectivity index (χ1v) is 7.34. The van der Waals surface area contributed by atoms with E-state index in [-0.39, 0.29) is 18.4 Å². The van der Waals surface area contributed by atoms with Gasteiger partial charge in [0.25, 0.3) is 11.8 Å². The summed E-state index contributed by atoms with van der Waals surface area (Å²) in [6.45, 7) is 1.21. The monoisotopic (exact) mass is 404 g/mol. The first kappa shape index (κ1) is 17.4. The molecular weight excluding hydrogens is 387 g/mol. The van der Waals surface area contributed by atoms with Crippen LogP contribution in [0, 0.1) is 3.57 Å². The third kappa shape index (κ3) is 5.33. The lowest BCUT2D eigenvalue weighted by Crippen LogP contribution is -2.38. The van der Waals surface area contributed by atoms with Gasteiger partial charge in [-0.3, -0.25) is 14.4 Å². The highest BCUT2D eigenvalue weighted by atomic mass is 127. The second kappa shape index (κ2) is 7.96. The maximum absolute atomic E-state index is 11.9. The molecule has 1 N–H and O–H groups in total. The van der Waals surface area contributed by atoms with Crippen LogP contribution < -0.4 is 5.32 Å². The van der Waals surface area contributed by atoms with Crippen molar-refractivity contribution in [2.24, 2.45) is 0 Å². The number of benzene rings is 1. The van der Waals surface area contributed by atoms with Crippen molar-refractivity contribution in [3.63, 3.8) is 0 Å². The molecule has 1 aromatic carbocycles. The Morgan fingerprint density at radius 1 is 1.29 bits per heavy atom. The van der Waals surface area contributed by atoms with Crippen molar-refractivity contribution in [2.75, 3.05) is 20.6 Å². The highest BCUT2D eigenvalue weighted by Gasteiger charge is 2.19. The second-order valence-corrected chi connectivity index (χ2v) is 5.69. The Labute approximate surface area is 137 Å². The van der Waals surface area contributed by atoms with Crippen molar-refractivity contribution in [1.82, 2.24) is 10.2 Å². The average molecular weight is 404 g/mol. The van der Waals surface area contributed by atoms with Gasteiger partial charge in [0.2, 0.25) is 0 Å². The smallest absolute Gasteiger partial charge is 0.326 e. The summed E-state index contributed by atoms with van der Waals surface area (Å²) >= 11 is 2.04. The molecule has 0 saturated heterocycles. The molecule has 1 rings (SSSR count). The van der Waals surface area contributed by atoms with Gasteiger partial charge in [-0.15, -0.1) is 0 Å². The maximum atomic E-state index is 11.9. The van der Waals surface area contributed by atoms with E-state index in [1.807, 2.05) is 28.7 Å². The summed E-state index contributed by atoms with van der Waals surface area (Å²) in [7, 11) is 3.15. The predicted octanol–water partition coefficient (Wildman–Crippen LogP) is 1.04. The van der Waals surface area contributed by atoms with E-state index >= 15 is 0 Å². The number of hydrogen-bond donors (Lipinski definition) is 1. The zero-order chi connectivity index (χ0) is 16.0. The average Bonchev–Trinajstić information content (AvgIpc) is 2.44. The van der Waals surface area contributed by atoms with Crippen molar-refractivity contribution < 1.29 is 19.1 Å². The fourth-order valence-electron chi connectivity index (χ4n) is 1.55. The standard InChI is InChI=1S/C14H17IN2O4/c1-9(14(20)17(2)3)21-12(18)8-16-13(19)10-6-4-5-7-11(10)15/h4-7,9H,8H2,1-3H3,(H,16,19)/t9-/m0/s1. The van der Waals surface area contributed by atoms with Gasteiger partial charge >= 0.3 is 5.97 Å². The number of amides is 2. The van der Waals surface area contributed by atoms with Crippen LogP contribution in [0.15, 0.2) is 24.3 Å². The van der Waals surface area contributed by atoms with Crippen LogP contribution in [0.1, 0.15) is 17.3 Å². The third-order valence-corrected chi connectivity index (χ3v) is 3.55. The molecule has 114 valence electrons. The summed E-state index contributed by atoms with van der Waals surface area (Å²) in [5.41, 5.74) is 0.489. The van der Waals surface area contributed by atoms with Crippen LogP contribution >= 0.6 is 22.6 Å². The Bertz CT molecular complexity index is 546. The molecule has 0 saturated carbocycles. The SMILES string of the molecule is C[C@H](OC(=O)CNC(=O)c1ccccc1I)C(=O)N(C)C. The van der Waals surface area contributed by atoms with Gasteiger partial charge in [-0.2, -0.15) is 0 Å². The fraction of sp³-hybridized carbons (Fsp3) is 0.357. The van der Waals surface area contributed by atoms with Crippen LogP contribution in [0.2, 0.25) is 0 Å². The van der Waals surface area contributed by atoms with Gasteiger partial charge in [-0.05, 0) is 41.6 Å². The zero-order valence-electron chi connectivity index (χ0n) is 12.1. The molecule has 6 nitrogen and oxygen atoms in total. The summed E-state index contributed by atoms with van der Waals surface area (Å²) in [5.74, 6) is -1.33. The Hall–Kier alpha value is -1.64. The van der Waals surface area contributed by atoms with Gasteiger partial charge in [0.1, 0.15) is 6.54 Å². The predicted molar refractivity (Wildman–Crippen MR) is 85.7 cm³/mol. The molecule has 0 unspecified atom stereocenters. The van der Waals surface area contributed by atoms with Crippen LogP contribution in [0.25, 0.3) is 0 Å². The Morgan fingerprint density at radius 2 is 1.90 bits per heavy atom. The van der Waals surface area contributed by atoms with Gasteiger partial charge in [0.05, 0.1) is 5.56 Å². The fourth-order valence-corrected chi connectivity index (χ4v) is 2.18. The molecule has 0 aliphatic heterocycles. The van der Waals surface area contributed by atoms with Crippen LogP contribution in [0.5, 0.6) is 0 Å². The van der Waals surface area contributed by atoms with E-state index in [9.17, 15) is 14.4 Å². The molecule has 0 aliphatic carbocycles. The quantitative estimate of drug-likeness (QED) is 0.588. The summed E-state index contributed by atoms with van der Waals surface area (Å²) in [6.07, 6.45) is -0.874. The second-order valence-electron chi connectivity index (χ2n) is 4.53. The summed E-state index contributed by atoms with van der Waals surface area (Å²) in [5, 5.41) is 2.47. The molecule has 0 aliphatic rings. The molecular formula is C14H17IN2O4. The van der Waals surface area contributed by atoms with Crippen LogP contribution in [0.3, 0.4) is 0 Å². The molecule has 2 amide bonds. The van der Waals surface area contributed by atoms with E-state index in [2.05, 4.69) is 5.32 Å². The van der Waals surface area contributed by atoms with Crippen molar-refractivity contribution >= 4 is 40.4 Å². The first-order chi connectivity index (χ1) is 9.82. The largest absolute Gasteiger partial charge is 0.451 e. The van der Waals surface area contributed by atoms with Gasteiger partial charge in [0.15, 0.2) is 6.10 Å². The number of esters is 1. The minimum Gasteiger partial charge on any atom is -0.451 e. The molecule has 0 aromatic heterocycles. The molecule has 21 heavy (non-hydrogen) atoms. The van der Waals surface area contributed by atoms with E-state index in [0.29, 0.717) is 5.56 Å². The maximum Gasteiger partial charge on any atom is 0.326 e. The summed E-state index contributed by atoms with van der Waals surface area (Å²) < 4.78 is 5.73. The third-order valence-electron chi connectivity index (χ3n) is 2.61. The van der Waals surface area contributed by atoms with Gasteiger partial charge in [-0.1, -0.05) is 12.1 Å². The first-order valence-electron chi connectivity index (χ1n) is 6.26. The van der Waals surface area contributed by atoms with Crippen molar-refractivity contribution in [2.45, 2.75) is 13.0 Å². The van der Waals surface area contributed by atoms with Crippen molar-refractivity contribution in [1.29, 1.82) is 0 Å². The lowest BCUT2D eigenvalue weighted by molar-refractivity contribution is -0.157. The Morgan fingerprint density at radius 3 is 2.48 bits per heavy atom. The number of halogens is 1. The number of likely N-dealkylation sites (N-methyl/N-ethyl adjacent to an activating group) is 1. The Balaban J connectivity index is 2.49. The van der Waals surface area contributed by atoms with Gasteiger partial charge in [-0.25, -0.2) is 0 Å². The van der Waals surface area contributed by atoms with E-state index in [0.717, 1.165) is 3.57 Å². The lowest BCUT2D eigenvalue weighted by atomic mass is 10.2. The highest BCUT2D eigenvalue weighted by Crippen LogP contribution is 2.10. The van der Waals surface area contributed by atoms with E-state index < -0.39 is 12.1 Å².